The predicted molar refractivity (Wildman–Crippen MR) is 97.4 cm³/mol. The van der Waals surface area contributed by atoms with Gasteiger partial charge < -0.3 is 19.8 Å². The van der Waals surface area contributed by atoms with Crippen LogP contribution in [0, 0.1) is 0 Å². The van der Waals surface area contributed by atoms with Gasteiger partial charge in [-0.3, -0.25) is 9.78 Å². The Kier molecular flexibility index (Phi) is 4.57. The van der Waals surface area contributed by atoms with Crippen LogP contribution in [0.2, 0.25) is 0 Å². The van der Waals surface area contributed by atoms with Gasteiger partial charge in [-0.2, -0.15) is 0 Å². The molecular formula is C18H20N6O3. The molecule has 1 spiro atoms. The van der Waals surface area contributed by atoms with Crippen molar-refractivity contribution in [3.8, 4) is 5.88 Å². The van der Waals surface area contributed by atoms with Crippen LogP contribution < -0.4 is 15.0 Å². The fourth-order valence-corrected chi connectivity index (χ4v) is 3.30. The molecule has 4 rings (SSSR count). The summed E-state index contributed by atoms with van der Waals surface area (Å²) in [6.45, 7) is 1.78. The third kappa shape index (κ3) is 3.67. The maximum Gasteiger partial charge on any atom is 0.269 e. The molecule has 1 N–H and O–H groups in total. The van der Waals surface area contributed by atoms with Crippen LogP contribution in [0.4, 0.5) is 5.82 Å². The zero-order valence-electron chi connectivity index (χ0n) is 15.0. The lowest BCUT2D eigenvalue weighted by Gasteiger charge is -2.22. The number of hydrogen-bond acceptors (Lipinski definition) is 8. The van der Waals surface area contributed by atoms with Gasteiger partial charge in [-0.15, -0.1) is 0 Å². The molecule has 2 aromatic heterocycles. The van der Waals surface area contributed by atoms with E-state index in [-0.39, 0.29) is 5.91 Å². The molecule has 2 aliphatic heterocycles. The first kappa shape index (κ1) is 17.2. The standard InChI is InChI=1S/C18H20N6O3/c1-26-16-7-15(21-12-22-16)24-6-4-18(11-24)8-14(23-27-18)17(25)20-10-13-3-2-5-19-9-13/h2-3,5,7,9,12H,4,6,8,10-11H2,1H3,(H,20,25). The Morgan fingerprint density at radius 2 is 2.37 bits per heavy atom. The first-order valence-electron chi connectivity index (χ1n) is 8.71. The Morgan fingerprint density at radius 1 is 1.44 bits per heavy atom. The summed E-state index contributed by atoms with van der Waals surface area (Å²) in [4.78, 5) is 32.5. The summed E-state index contributed by atoms with van der Waals surface area (Å²) in [5.41, 5.74) is 0.866. The number of aromatic nitrogens is 3. The summed E-state index contributed by atoms with van der Waals surface area (Å²) in [7, 11) is 1.57. The maximum absolute atomic E-state index is 12.4. The average molecular weight is 368 g/mol. The van der Waals surface area contributed by atoms with Crippen LogP contribution in [-0.2, 0) is 16.2 Å². The Balaban J connectivity index is 1.35. The lowest BCUT2D eigenvalue weighted by Crippen LogP contribution is -2.37. The monoisotopic (exact) mass is 368 g/mol. The van der Waals surface area contributed by atoms with Crippen LogP contribution in [0.3, 0.4) is 0 Å². The van der Waals surface area contributed by atoms with E-state index in [1.165, 1.54) is 6.33 Å². The van der Waals surface area contributed by atoms with Crippen molar-refractivity contribution in [2.75, 3.05) is 25.1 Å². The van der Waals surface area contributed by atoms with Crippen molar-refractivity contribution in [3.05, 3.63) is 42.5 Å². The number of hydrogen-bond donors (Lipinski definition) is 1. The number of carbonyl (C=O) groups is 1. The van der Waals surface area contributed by atoms with E-state index >= 15 is 0 Å². The van der Waals surface area contributed by atoms with Crippen molar-refractivity contribution >= 4 is 17.4 Å². The molecule has 27 heavy (non-hydrogen) atoms. The van der Waals surface area contributed by atoms with Gasteiger partial charge >= 0.3 is 0 Å². The molecule has 1 unspecified atom stereocenters. The fraction of sp³-hybridized carbons (Fsp3) is 0.389. The fourth-order valence-electron chi connectivity index (χ4n) is 3.30. The number of methoxy groups -OCH3 is 1. The van der Waals surface area contributed by atoms with Crippen LogP contribution in [0.15, 0.2) is 42.1 Å². The second-order valence-corrected chi connectivity index (χ2v) is 6.62. The highest BCUT2D eigenvalue weighted by Gasteiger charge is 2.47. The third-order valence-electron chi connectivity index (χ3n) is 4.75. The molecule has 9 heteroatoms. The summed E-state index contributed by atoms with van der Waals surface area (Å²) in [5.74, 6) is 1.08. The van der Waals surface area contributed by atoms with Crippen molar-refractivity contribution in [3.63, 3.8) is 0 Å². The van der Waals surface area contributed by atoms with Crippen molar-refractivity contribution in [2.45, 2.75) is 25.0 Å². The van der Waals surface area contributed by atoms with Gasteiger partial charge in [0.1, 0.15) is 17.9 Å². The van der Waals surface area contributed by atoms with Gasteiger partial charge in [-0.1, -0.05) is 11.2 Å². The topological polar surface area (TPSA) is 102 Å². The lowest BCUT2D eigenvalue weighted by molar-refractivity contribution is -0.115. The largest absolute Gasteiger partial charge is 0.481 e. The molecule has 1 saturated heterocycles. The smallest absolute Gasteiger partial charge is 0.269 e. The highest BCUT2D eigenvalue weighted by molar-refractivity contribution is 6.39. The van der Waals surface area contributed by atoms with Gasteiger partial charge in [0.2, 0.25) is 5.88 Å². The molecule has 1 atom stereocenters. The number of pyridine rings is 1. The number of carbonyl (C=O) groups excluding carboxylic acids is 1. The van der Waals surface area contributed by atoms with E-state index in [2.05, 4.69) is 30.3 Å². The van der Waals surface area contributed by atoms with E-state index in [1.54, 1.807) is 25.6 Å². The summed E-state index contributed by atoms with van der Waals surface area (Å²) in [6.07, 6.45) is 6.14. The minimum absolute atomic E-state index is 0.210. The molecule has 9 nitrogen and oxygen atoms in total. The van der Waals surface area contributed by atoms with Crippen LogP contribution in [0.5, 0.6) is 5.88 Å². The van der Waals surface area contributed by atoms with E-state index in [9.17, 15) is 4.79 Å². The Hall–Kier alpha value is -3.23. The van der Waals surface area contributed by atoms with E-state index in [0.717, 1.165) is 24.3 Å². The van der Waals surface area contributed by atoms with Crippen molar-refractivity contribution < 1.29 is 14.4 Å². The van der Waals surface area contributed by atoms with E-state index in [1.807, 2.05) is 12.1 Å². The number of ether oxygens (including phenoxy) is 1. The number of rotatable bonds is 5. The number of nitrogens with one attached hydrogen (secondary N) is 1. The zero-order chi connectivity index (χ0) is 18.7. The van der Waals surface area contributed by atoms with Gasteiger partial charge in [0, 0.05) is 44.4 Å². The average Bonchev–Trinajstić information content (AvgIpc) is 3.34. The molecule has 0 saturated carbocycles. The summed E-state index contributed by atoms with van der Waals surface area (Å²) in [5, 5.41) is 6.91. The normalized spacial score (nSPS) is 21.1. The van der Waals surface area contributed by atoms with Crippen molar-refractivity contribution in [2.24, 2.45) is 5.16 Å². The molecule has 0 bridgehead atoms. The number of nitrogens with zero attached hydrogens (tertiary/aromatic N) is 5. The molecule has 0 aromatic carbocycles. The van der Waals surface area contributed by atoms with Crippen LogP contribution in [0.1, 0.15) is 18.4 Å². The van der Waals surface area contributed by atoms with Crippen molar-refractivity contribution in [1.29, 1.82) is 0 Å². The molecule has 1 amide bonds. The van der Waals surface area contributed by atoms with E-state index < -0.39 is 5.60 Å². The first-order chi connectivity index (χ1) is 13.2. The molecule has 1 fully saturated rings. The van der Waals surface area contributed by atoms with Gasteiger partial charge in [-0.25, -0.2) is 9.97 Å². The number of amides is 1. The quantitative estimate of drug-likeness (QED) is 0.837. The highest BCUT2D eigenvalue weighted by Crippen LogP contribution is 2.35. The minimum atomic E-state index is -0.487. The number of anilines is 1. The third-order valence-corrected chi connectivity index (χ3v) is 4.75. The molecule has 0 radical (unpaired) electrons. The van der Waals surface area contributed by atoms with Crippen LogP contribution >= 0.6 is 0 Å². The Bertz CT molecular complexity index is 859. The zero-order valence-corrected chi connectivity index (χ0v) is 15.0. The summed E-state index contributed by atoms with van der Waals surface area (Å²) >= 11 is 0. The van der Waals surface area contributed by atoms with Gasteiger partial charge in [0.25, 0.3) is 5.91 Å². The van der Waals surface area contributed by atoms with Gasteiger partial charge in [0.15, 0.2) is 5.60 Å². The minimum Gasteiger partial charge on any atom is -0.481 e. The molecule has 0 aliphatic carbocycles. The van der Waals surface area contributed by atoms with Crippen LogP contribution in [-0.4, -0.2) is 52.4 Å². The molecule has 2 aliphatic rings. The second-order valence-electron chi connectivity index (χ2n) is 6.62. The van der Waals surface area contributed by atoms with Crippen LogP contribution in [0.25, 0.3) is 0 Å². The number of oxime groups is 1. The van der Waals surface area contributed by atoms with E-state index in [4.69, 9.17) is 9.57 Å². The predicted octanol–water partition coefficient (Wildman–Crippen LogP) is 0.922. The molecule has 2 aromatic rings. The Morgan fingerprint density at radius 3 is 3.19 bits per heavy atom. The van der Waals surface area contributed by atoms with Crippen molar-refractivity contribution in [1.82, 2.24) is 20.3 Å². The summed E-state index contributed by atoms with van der Waals surface area (Å²) < 4.78 is 5.15. The lowest BCUT2D eigenvalue weighted by atomic mass is 9.96. The molecular weight excluding hydrogens is 348 g/mol. The van der Waals surface area contributed by atoms with Gasteiger partial charge in [0.05, 0.1) is 13.7 Å². The SMILES string of the molecule is COc1cc(N2CCC3(CC(C(=O)NCc4cccnc4)=NO3)C2)ncn1. The highest BCUT2D eigenvalue weighted by atomic mass is 16.7. The summed E-state index contributed by atoms with van der Waals surface area (Å²) in [6, 6.07) is 5.53. The molecule has 140 valence electrons. The first-order valence-corrected chi connectivity index (χ1v) is 8.71. The molecule has 4 heterocycles. The Labute approximate surface area is 156 Å². The second kappa shape index (κ2) is 7.18. The van der Waals surface area contributed by atoms with Gasteiger partial charge in [-0.05, 0) is 11.6 Å². The van der Waals surface area contributed by atoms with E-state index in [0.29, 0.717) is 31.1 Å². The maximum atomic E-state index is 12.4.